The lowest BCUT2D eigenvalue weighted by atomic mass is 10.2. The van der Waals surface area contributed by atoms with E-state index in [1.165, 1.54) is 17.7 Å². The van der Waals surface area contributed by atoms with Crippen LogP contribution in [0.1, 0.15) is 18.2 Å². The first-order chi connectivity index (χ1) is 14.9. The van der Waals surface area contributed by atoms with E-state index in [0.29, 0.717) is 30.0 Å². The normalized spacial score (nSPS) is 11.6. The van der Waals surface area contributed by atoms with Gasteiger partial charge in [-0.1, -0.05) is 43.3 Å². The number of nitrogens with two attached hydrogens (primary N) is 1. The first-order valence-electron chi connectivity index (χ1n) is 9.52. The number of anilines is 1. The van der Waals surface area contributed by atoms with Crippen molar-refractivity contribution in [2.45, 2.75) is 24.8 Å². The predicted octanol–water partition coefficient (Wildman–Crippen LogP) is 2.04. The Hall–Kier alpha value is -3.57. The van der Waals surface area contributed by atoms with Crippen LogP contribution in [0.2, 0.25) is 0 Å². The number of nitrogens with zero attached hydrogens (tertiary/aromatic N) is 5. The molecule has 10 nitrogen and oxygen atoms in total. The van der Waals surface area contributed by atoms with Crippen LogP contribution in [0.25, 0.3) is 17.0 Å². The van der Waals surface area contributed by atoms with Crippen LogP contribution in [0.5, 0.6) is 6.01 Å². The Morgan fingerprint density at radius 1 is 1.06 bits per heavy atom. The fourth-order valence-electron chi connectivity index (χ4n) is 3.21. The zero-order chi connectivity index (χ0) is 22.0. The second-order valence-electron chi connectivity index (χ2n) is 6.70. The maximum Gasteiger partial charge on any atom is 0.304 e. The molecule has 0 bridgehead atoms. The van der Waals surface area contributed by atoms with E-state index < -0.39 is 10.0 Å². The number of aromatic nitrogens is 5. The van der Waals surface area contributed by atoms with Crippen LogP contribution in [0.3, 0.4) is 0 Å². The van der Waals surface area contributed by atoms with Crippen molar-refractivity contribution in [3.05, 3.63) is 59.8 Å². The van der Waals surface area contributed by atoms with Crippen molar-refractivity contribution in [2.75, 3.05) is 12.4 Å². The number of benzene rings is 2. The van der Waals surface area contributed by atoms with E-state index in [-0.39, 0.29) is 22.4 Å². The predicted molar refractivity (Wildman–Crippen MR) is 116 cm³/mol. The molecular formula is C20H21N7O3S. The lowest BCUT2D eigenvalue weighted by Crippen LogP contribution is -2.13. The maximum atomic E-state index is 12.0. The van der Waals surface area contributed by atoms with Gasteiger partial charge in [-0.25, -0.2) is 18.1 Å². The molecule has 160 valence electrons. The number of ether oxygens (including phenoxy) is 1. The van der Waals surface area contributed by atoms with E-state index in [1.807, 2.05) is 37.3 Å². The second-order valence-corrected chi connectivity index (χ2v) is 8.23. The zero-order valence-corrected chi connectivity index (χ0v) is 17.8. The molecular weight excluding hydrogens is 418 g/mol. The molecule has 4 aromatic rings. The molecule has 31 heavy (non-hydrogen) atoms. The number of sulfonamides is 1. The van der Waals surface area contributed by atoms with Gasteiger partial charge in [0.15, 0.2) is 5.82 Å². The lowest BCUT2D eigenvalue weighted by molar-refractivity contribution is 0.373. The molecule has 0 saturated heterocycles. The molecule has 0 amide bonds. The van der Waals surface area contributed by atoms with Gasteiger partial charge in [0.25, 0.3) is 5.95 Å². The van der Waals surface area contributed by atoms with Crippen LogP contribution in [-0.4, -0.2) is 40.3 Å². The molecule has 0 saturated carbocycles. The van der Waals surface area contributed by atoms with Crippen molar-refractivity contribution in [1.29, 1.82) is 0 Å². The summed E-state index contributed by atoms with van der Waals surface area (Å²) in [5, 5.41) is 17.2. The molecule has 2 heterocycles. The van der Waals surface area contributed by atoms with Gasteiger partial charge in [-0.2, -0.15) is 9.97 Å². The van der Waals surface area contributed by atoms with E-state index in [1.54, 1.807) is 12.1 Å². The number of aryl methyl sites for hydroxylation is 1. The Morgan fingerprint density at radius 3 is 2.52 bits per heavy atom. The molecule has 11 heteroatoms. The van der Waals surface area contributed by atoms with Gasteiger partial charge in [0, 0.05) is 6.54 Å². The molecule has 2 aromatic carbocycles. The van der Waals surface area contributed by atoms with Crippen LogP contribution in [0, 0.1) is 0 Å². The number of hydrogen-bond acceptors (Lipinski definition) is 8. The highest BCUT2D eigenvalue weighted by atomic mass is 32.2. The lowest BCUT2D eigenvalue weighted by Gasteiger charge is -2.12. The summed E-state index contributed by atoms with van der Waals surface area (Å²) >= 11 is 0. The average molecular weight is 440 g/mol. The third-order valence-electron chi connectivity index (χ3n) is 4.69. The zero-order valence-electron chi connectivity index (χ0n) is 17.0. The summed E-state index contributed by atoms with van der Waals surface area (Å²) in [6.45, 7) is 2.52. The highest BCUT2D eigenvalue weighted by Gasteiger charge is 2.22. The minimum absolute atomic E-state index is 0.109. The van der Waals surface area contributed by atoms with Gasteiger partial charge in [0.2, 0.25) is 10.0 Å². The summed E-state index contributed by atoms with van der Waals surface area (Å²) in [6.07, 6.45) is 0.634. The molecule has 0 aliphatic heterocycles. The van der Waals surface area contributed by atoms with Gasteiger partial charge in [-0.3, -0.25) is 0 Å². The number of primary sulfonamides is 1. The van der Waals surface area contributed by atoms with E-state index in [4.69, 9.17) is 9.88 Å². The van der Waals surface area contributed by atoms with E-state index >= 15 is 0 Å². The van der Waals surface area contributed by atoms with Gasteiger partial charge in [0.05, 0.1) is 12.6 Å². The first kappa shape index (κ1) is 20.7. The van der Waals surface area contributed by atoms with Crippen molar-refractivity contribution in [3.63, 3.8) is 0 Å². The number of rotatable bonds is 7. The monoisotopic (exact) mass is 439 g/mol. The highest BCUT2D eigenvalue weighted by Crippen LogP contribution is 2.29. The van der Waals surface area contributed by atoms with Crippen molar-refractivity contribution in [2.24, 2.45) is 5.14 Å². The number of nitrogens with one attached hydrogen (secondary N) is 1. The van der Waals surface area contributed by atoms with E-state index in [2.05, 4.69) is 25.5 Å². The van der Waals surface area contributed by atoms with Crippen LogP contribution >= 0.6 is 0 Å². The number of methoxy groups -OCH3 is 1. The molecule has 0 aliphatic rings. The molecule has 0 radical (unpaired) electrons. The van der Waals surface area contributed by atoms with Gasteiger partial charge in [-0.05, 0) is 24.1 Å². The van der Waals surface area contributed by atoms with E-state index in [0.717, 1.165) is 5.56 Å². The Kier molecular flexibility index (Phi) is 5.53. The summed E-state index contributed by atoms with van der Waals surface area (Å²) in [5.41, 5.74) is 2.40. The van der Waals surface area contributed by atoms with Crippen molar-refractivity contribution in [1.82, 2.24) is 24.7 Å². The summed E-state index contributed by atoms with van der Waals surface area (Å²) in [6, 6.07) is 14.7. The molecule has 3 N–H and O–H groups in total. The summed E-state index contributed by atoms with van der Waals surface area (Å²) < 4.78 is 30.8. The van der Waals surface area contributed by atoms with E-state index in [9.17, 15) is 8.42 Å². The van der Waals surface area contributed by atoms with Crippen LogP contribution in [-0.2, 0) is 23.0 Å². The minimum Gasteiger partial charge on any atom is -0.468 e. The Bertz CT molecular complexity index is 1340. The molecule has 2 aromatic heterocycles. The summed E-state index contributed by atoms with van der Waals surface area (Å²) in [5.74, 6) is 0.765. The molecule has 0 spiro atoms. The van der Waals surface area contributed by atoms with Gasteiger partial charge >= 0.3 is 6.01 Å². The van der Waals surface area contributed by atoms with Gasteiger partial charge < -0.3 is 10.1 Å². The Labute approximate surface area is 179 Å². The summed E-state index contributed by atoms with van der Waals surface area (Å²) in [7, 11) is -2.55. The maximum absolute atomic E-state index is 12.0. The molecule has 0 aliphatic carbocycles. The first-order valence-corrected chi connectivity index (χ1v) is 11.1. The number of hydrogen-bond donors (Lipinski definition) is 2. The molecule has 0 fully saturated rings. The standard InChI is InChI=1S/C20H21N7O3S/c1-3-14-18(22-12-13-8-5-4-6-9-13)24-19(26-25-14)27-15-10-7-11-16(31(21,28)29)17(15)23-20(27)30-2/h4-11H,3,12H2,1-2H3,(H2,21,28,29)(H,22,24,26). The second kappa shape index (κ2) is 8.28. The SMILES string of the molecule is CCc1nnc(-n2c(OC)nc3c(S(N)(=O)=O)cccc32)nc1NCc1ccccc1. The van der Waals surface area contributed by atoms with Crippen molar-refractivity contribution in [3.8, 4) is 12.0 Å². The molecule has 4 rings (SSSR count). The average Bonchev–Trinajstić information content (AvgIpc) is 3.16. The van der Waals surface area contributed by atoms with Gasteiger partial charge in [0.1, 0.15) is 16.1 Å². The fourth-order valence-corrected chi connectivity index (χ4v) is 3.90. The van der Waals surface area contributed by atoms with Gasteiger partial charge in [-0.15, -0.1) is 10.2 Å². The van der Waals surface area contributed by atoms with Crippen molar-refractivity contribution >= 4 is 26.9 Å². The smallest absolute Gasteiger partial charge is 0.304 e. The largest absolute Gasteiger partial charge is 0.468 e. The minimum atomic E-state index is -3.98. The number of fused-ring (bicyclic) bond motifs is 1. The number of para-hydroxylation sites is 1. The molecule has 0 atom stereocenters. The van der Waals surface area contributed by atoms with Crippen LogP contribution < -0.4 is 15.2 Å². The van der Waals surface area contributed by atoms with Crippen molar-refractivity contribution < 1.29 is 13.2 Å². The number of imidazole rings is 1. The Balaban J connectivity index is 1.82. The molecule has 0 unspecified atom stereocenters. The Morgan fingerprint density at radius 2 is 1.84 bits per heavy atom. The fraction of sp³-hybridized carbons (Fsp3) is 0.200. The highest BCUT2D eigenvalue weighted by molar-refractivity contribution is 7.89. The van der Waals surface area contributed by atoms with Crippen LogP contribution in [0.4, 0.5) is 5.82 Å². The third-order valence-corrected chi connectivity index (χ3v) is 5.63. The quantitative estimate of drug-likeness (QED) is 0.446. The third kappa shape index (κ3) is 4.05. The topological polar surface area (TPSA) is 138 Å². The van der Waals surface area contributed by atoms with Crippen LogP contribution in [0.15, 0.2) is 53.4 Å². The summed E-state index contributed by atoms with van der Waals surface area (Å²) in [4.78, 5) is 8.81.